The average Bonchev–Trinajstić information content (AvgIpc) is 2.70. The van der Waals surface area contributed by atoms with Crippen molar-refractivity contribution in [3.63, 3.8) is 0 Å². The van der Waals surface area contributed by atoms with Crippen LogP contribution >= 0.6 is 0 Å². The third-order valence-electron chi connectivity index (χ3n) is 2.49. The minimum atomic E-state index is -0.770. The lowest BCUT2D eigenvalue weighted by Crippen LogP contribution is -2.51. The third-order valence-corrected chi connectivity index (χ3v) is 2.49. The molecule has 0 spiro atoms. The fourth-order valence-corrected chi connectivity index (χ4v) is 1.09. The predicted octanol–water partition coefficient (Wildman–Crippen LogP) is 0.196. The van der Waals surface area contributed by atoms with Crippen molar-refractivity contribution in [3.05, 3.63) is 18.2 Å². The van der Waals surface area contributed by atoms with Crippen LogP contribution in [0, 0.1) is 0 Å². The summed E-state index contributed by atoms with van der Waals surface area (Å²) in [7, 11) is 0. The van der Waals surface area contributed by atoms with Crippen LogP contribution in [-0.4, -0.2) is 28.0 Å². The van der Waals surface area contributed by atoms with E-state index in [1.54, 1.807) is 19.4 Å². The Hall–Kier alpha value is -1.36. The molecule has 1 rings (SSSR count). The van der Waals surface area contributed by atoms with Crippen LogP contribution in [0.15, 0.2) is 12.5 Å². The van der Waals surface area contributed by atoms with Crippen molar-refractivity contribution in [2.45, 2.75) is 32.2 Å². The lowest BCUT2D eigenvalue weighted by molar-refractivity contribution is -0.125. The van der Waals surface area contributed by atoms with Crippen molar-refractivity contribution in [3.8, 4) is 0 Å². The van der Waals surface area contributed by atoms with E-state index in [2.05, 4.69) is 15.3 Å². The molecule has 1 amide bonds. The van der Waals surface area contributed by atoms with Gasteiger partial charge < -0.3 is 16.0 Å². The first-order valence-corrected chi connectivity index (χ1v) is 5.10. The molecular weight excluding hydrogens is 192 g/mol. The van der Waals surface area contributed by atoms with E-state index in [-0.39, 0.29) is 5.91 Å². The van der Waals surface area contributed by atoms with Crippen molar-refractivity contribution in [2.75, 3.05) is 6.54 Å². The SMILES string of the molecule is CCC(C)(N)C(=O)NCCc1cnc[nH]1. The second-order valence-corrected chi connectivity index (χ2v) is 3.85. The van der Waals surface area contributed by atoms with Gasteiger partial charge in [-0.15, -0.1) is 0 Å². The van der Waals surface area contributed by atoms with Crippen LogP contribution in [-0.2, 0) is 11.2 Å². The number of nitrogens with two attached hydrogens (primary N) is 1. The molecule has 0 saturated carbocycles. The summed E-state index contributed by atoms with van der Waals surface area (Å²) < 4.78 is 0. The number of carbonyl (C=O) groups is 1. The van der Waals surface area contributed by atoms with Gasteiger partial charge in [0.2, 0.25) is 5.91 Å². The number of nitrogens with one attached hydrogen (secondary N) is 2. The van der Waals surface area contributed by atoms with Crippen LogP contribution in [0.25, 0.3) is 0 Å². The number of hydrogen-bond donors (Lipinski definition) is 3. The van der Waals surface area contributed by atoms with Gasteiger partial charge in [-0.25, -0.2) is 4.98 Å². The smallest absolute Gasteiger partial charge is 0.239 e. The van der Waals surface area contributed by atoms with Crippen LogP contribution in [0.3, 0.4) is 0 Å². The zero-order valence-corrected chi connectivity index (χ0v) is 9.21. The minimum absolute atomic E-state index is 0.107. The van der Waals surface area contributed by atoms with Crippen molar-refractivity contribution in [1.82, 2.24) is 15.3 Å². The molecule has 4 N–H and O–H groups in total. The van der Waals surface area contributed by atoms with E-state index >= 15 is 0 Å². The van der Waals surface area contributed by atoms with Gasteiger partial charge in [-0.1, -0.05) is 6.92 Å². The first kappa shape index (κ1) is 11.7. The van der Waals surface area contributed by atoms with Gasteiger partial charge in [0.05, 0.1) is 11.9 Å². The lowest BCUT2D eigenvalue weighted by atomic mass is 9.99. The third kappa shape index (κ3) is 3.36. The number of carbonyl (C=O) groups excluding carboxylic acids is 1. The van der Waals surface area contributed by atoms with Gasteiger partial charge in [0.15, 0.2) is 0 Å². The highest BCUT2D eigenvalue weighted by Gasteiger charge is 2.25. The fraction of sp³-hybridized carbons (Fsp3) is 0.600. The van der Waals surface area contributed by atoms with Gasteiger partial charge in [0, 0.05) is 24.9 Å². The van der Waals surface area contributed by atoms with E-state index < -0.39 is 5.54 Å². The van der Waals surface area contributed by atoms with E-state index in [1.807, 2.05) is 6.92 Å². The molecule has 15 heavy (non-hydrogen) atoms. The number of imidazole rings is 1. The molecule has 1 unspecified atom stereocenters. The normalized spacial score (nSPS) is 14.6. The quantitative estimate of drug-likeness (QED) is 0.649. The molecule has 1 atom stereocenters. The highest BCUT2D eigenvalue weighted by atomic mass is 16.2. The first-order valence-electron chi connectivity index (χ1n) is 5.10. The molecule has 0 aliphatic carbocycles. The highest BCUT2D eigenvalue weighted by molar-refractivity contribution is 5.85. The molecule has 1 aromatic rings. The Morgan fingerprint density at radius 2 is 2.47 bits per heavy atom. The number of hydrogen-bond acceptors (Lipinski definition) is 3. The zero-order chi connectivity index (χ0) is 11.3. The van der Waals surface area contributed by atoms with Gasteiger partial charge in [-0.3, -0.25) is 4.79 Å². The summed E-state index contributed by atoms with van der Waals surface area (Å²) in [5, 5.41) is 2.80. The lowest BCUT2D eigenvalue weighted by Gasteiger charge is -2.21. The molecule has 0 fully saturated rings. The van der Waals surface area contributed by atoms with Gasteiger partial charge in [-0.2, -0.15) is 0 Å². The number of H-pyrrole nitrogens is 1. The average molecular weight is 210 g/mol. The molecular formula is C10H18N4O. The van der Waals surface area contributed by atoms with Crippen LogP contribution in [0.1, 0.15) is 26.0 Å². The minimum Gasteiger partial charge on any atom is -0.354 e. The highest BCUT2D eigenvalue weighted by Crippen LogP contribution is 2.03. The Morgan fingerprint density at radius 3 is 3.00 bits per heavy atom. The Bertz CT molecular complexity index is 305. The van der Waals surface area contributed by atoms with Crippen molar-refractivity contribution >= 4 is 5.91 Å². The Labute approximate surface area is 89.5 Å². The molecule has 5 nitrogen and oxygen atoms in total. The molecule has 0 radical (unpaired) electrons. The Kier molecular flexibility index (Phi) is 3.85. The van der Waals surface area contributed by atoms with E-state index in [0.29, 0.717) is 13.0 Å². The summed E-state index contributed by atoms with van der Waals surface area (Å²) in [5.74, 6) is -0.107. The summed E-state index contributed by atoms with van der Waals surface area (Å²) in [5.41, 5.74) is 6.02. The molecule has 0 bridgehead atoms. The summed E-state index contributed by atoms with van der Waals surface area (Å²) in [6.45, 7) is 4.21. The van der Waals surface area contributed by atoms with E-state index in [9.17, 15) is 4.79 Å². The number of aromatic amines is 1. The topological polar surface area (TPSA) is 83.8 Å². The monoisotopic (exact) mass is 210 g/mol. The number of rotatable bonds is 5. The van der Waals surface area contributed by atoms with Crippen molar-refractivity contribution < 1.29 is 4.79 Å². The molecule has 0 saturated heterocycles. The number of aromatic nitrogens is 2. The van der Waals surface area contributed by atoms with Crippen LogP contribution in [0.2, 0.25) is 0 Å². The fourth-order valence-electron chi connectivity index (χ4n) is 1.09. The molecule has 84 valence electrons. The molecule has 1 aromatic heterocycles. The van der Waals surface area contributed by atoms with Crippen LogP contribution in [0.4, 0.5) is 0 Å². The van der Waals surface area contributed by atoms with Gasteiger partial charge in [0.1, 0.15) is 0 Å². The zero-order valence-electron chi connectivity index (χ0n) is 9.21. The van der Waals surface area contributed by atoms with Crippen LogP contribution < -0.4 is 11.1 Å². The summed E-state index contributed by atoms with van der Waals surface area (Å²) in [6.07, 6.45) is 4.73. The van der Waals surface area contributed by atoms with Gasteiger partial charge >= 0.3 is 0 Å². The van der Waals surface area contributed by atoms with Gasteiger partial charge in [0.25, 0.3) is 0 Å². The maximum Gasteiger partial charge on any atom is 0.239 e. The van der Waals surface area contributed by atoms with Crippen molar-refractivity contribution in [1.29, 1.82) is 0 Å². The molecule has 0 aromatic carbocycles. The first-order chi connectivity index (χ1) is 7.06. The molecule has 1 heterocycles. The maximum absolute atomic E-state index is 11.6. The second kappa shape index (κ2) is 4.93. The van der Waals surface area contributed by atoms with Crippen LogP contribution in [0.5, 0.6) is 0 Å². The standard InChI is InChI=1S/C10H18N4O/c1-3-10(2,11)9(15)13-5-4-8-6-12-7-14-8/h6-7H,3-5,11H2,1-2H3,(H,12,14)(H,13,15). The number of nitrogens with zero attached hydrogens (tertiary/aromatic N) is 1. The second-order valence-electron chi connectivity index (χ2n) is 3.85. The maximum atomic E-state index is 11.6. The summed E-state index contributed by atoms with van der Waals surface area (Å²) >= 11 is 0. The molecule has 0 aliphatic rings. The predicted molar refractivity (Wildman–Crippen MR) is 58.2 cm³/mol. The number of amides is 1. The van der Waals surface area contributed by atoms with E-state index in [0.717, 1.165) is 12.1 Å². The Balaban J connectivity index is 2.29. The van der Waals surface area contributed by atoms with E-state index in [1.165, 1.54) is 0 Å². The summed E-state index contributed by atoms with van der Waals surface area (Å²) in [6, 6.07) is 0. The molecule has 5 heteroatoms. The Morgan fingerprint density at radius 1 is 1.73 bits per heavy atom. The summed E-state index contributed by atoms with van der Waals surface area (Å²) in [4.78, 5) is 18.4. The van der Waals surface area contributed by atoms with Crippen molar-refractivity contribution in [2.24, 2.45) is 5.73 Å². The van der Waals surface area contributed by atoms with Gasteiger partial charge in [-0.05, 0) is 13.3 Å². The van der Waals surface area contributed by atoms with E-state index in [4.69, 9.17) is 5.73 Å². The molecule has 0 aliphatic heterocycles. The largest absolute Gasteiger partial charge is 0.354 e.